The highest BCUT2D eigenvalue weighted by atomic mass is 16.6. The van der Waals surface area contributed by atoms with Crippen LogP contribution in [0.25, 0.3) is 0 Å². The number of aromatic nitrogens is 2. The summed E-state index contributed by atoms with van der Waals surface area (Å²) in [5.74, 6) is -0.0506. The number of hydrogen-bond donors (Lipinski definition) is 0. The van der Waals surface area contributed by atoms with Crippen molar-refractivity contribution in [2.45, 2.75) is 13.1 Å². The van der Waals surface area contributed by atoms with Gasteiger partial charge < -0.3 is 10.1 Å². The molecule has 0 amide bonds. The van der Waals surface area contributed by atoms with E-state index in [2.05, 4.69) is 10.00 Å². The van der Waals surface area contributed by atoms with Crippen LogP contribution in [0.2, 0.25) is 0 Å². The number of hydrogen-bond acceptors (Lipinski definition) is 4. The molecule has 0 fully saturated rings. The minimum atomic E-state index is -0.453. The highest BCUT2D eigenvalue weighted by molar-refractivity contribution is 5.22. The molecule has 0 unspecified atom stereocenters. The van der Waals surface area contributed by atoms with E-state index in [0.29, 0.717) is 0 Å². The average molecular weight is 182 g/mol. The van der Waals surface area contributed by atoms with Crippen molar-refractivity contribution in [1.29, 1.82) is 0 Å². The molecule has 1 aromatic heterocycles. The van der Waals surface area contributed by atoms with Crippen LogP contribution in [0.1, 0.15) is 5.69 Å². The molecule has 0 saturated carbocycles. The van der Waals surface area contributed by atoms with Crippen LogP contribution in [0.5, 0.6) is 0 Å². The normalized spacial score (nSPS) is 17.0. The summed E-state index contributed by atoms with van der Waals surface area (Å²) in [5, 5.41) is 14.3. The molecule has 0 atom stereocenters. The summed E-state index contributed by atoms with van der Waals surface area (Å²) in [7, 11) is 1.99. The summed E-state index contributed by atoms with van der Waals surface area (Å²) in [4.78, 5) is 12.1. The van der Waals surface area contributed by atoms with Gasteiger partial charge in [-0.1, -0.05) is 0 Å². The smallest absolute Gasteiger partial charge is 0.358 e. The van der Waals surface area contributed by atoms with Crippen LogP contribution in [-0.2, 0) is 13.1 Å². The molecule has 70 valence electrons. The summed E-state index contributed by atoms with van der Waals surface area (Å²) in [6.07, 6.45) is 0. The molecule has 1 aromatic rings. The Hall–Kier alpha value is -1.43. The van der Waals surface area contributed by atoms with Crippen molar-refractivity contribution in [3.05, 3.63) is 21.9 Å². The maximum absolute atomic E-state index is 10.4. The Morgan fingerprint density at radius 3 is 3.08 bits per heavy atom. The predicted octanol–water partition coefficient (Wildman–Crippen LogP) is 0.237. The highest BCUT2D eigenvalue weighted by Crippen LogP contribution is 2.16. The van der Waals surface area contributed by atoms with Crippen LogP contribution in [0.4, 0.5) is 5.82 Å². The van der Waals surface area contributed by atoms with Gasteiger partial charge in [-0.15, -0.1) is 0 Å². The van der Waals surface area contributed by atoms with Gasteiger partial charge >= 0.3 is 5.82 Å². The number of fused-ring (bicyclic) bond motifs is 1. The number of likely N-dealkylation sites (N-methyl/N-ethyl adjacent to an activating group) is 1. The van der Waals surface area contributed by atoms with Crippen molar-refractivity contribution in [2.24, 2.45) is 0 Å². The second-order valence-corrected chi connectivity index (χ2v) is 3.21. The van der Waals surface area contributed by atoms with Gasteiger partial charge in [0.1, 0.15) is 0 Å². The van der Waals surface area contributed by atoms with Gasteiger partial charge in [0.15, 0.2) is 0 Å². The summed E-state index contributed by atoms with van der Waals surface area (Å²) in [5.41, 5.74) is 0.917. The minimum Gasteiger partial charge on any atom is -0.358 e. The lowest BCUT2D eigenvalue weighted by Crippen LogP contribution is -2.30. The number of nitro groups is 1. The molecule has 1 aliphatic heterocycles. The Morgan fingerprint density at radius 2 is 2.38 bits per heavy atom. The molecule has 6 heteroatoms. The van der Waals surface area contributed by atoms with Crippen LogP contribution in [0.15, 0.2) is 6.07 Å². The molecule has 2 rings (SSSR count). The molecule has 0 saturated heterocycles. The van der Waals surface area contributed by atoms with Crippen molar-refractivity contribution >= 4 is 5.82 Å². The Morgan fingerprint density at radius 1 is 1.62 bits per heavy atom. The van der Waals surface area contributed by atoms with E-state index in [4.69, 9.17) is 0 Å². The standard InChI is InChI=1S/C7H10N4O2/c1-9-2-3-10-6(5-9)4-7(8-10)11(12)13/h4H,2-3,5H2,1H3. The van der Waals surface area contributed by atoms with E-state index in [0.717, 1.165) is 25.3 Å². The average Bonchev–Trinajstić information content (AvgIpc) is 2.46. The van der Waals surface area contributed by atoms with E-state index >= 15 is 0 Å². The minimum absolute atomic E-state index is 0.0506. The van der Waals surface area contributed by atoms with E-state index in [1.807, 2.05) is 7.05 Å². The van der Waals surface area contributed by atoms with Gasteiger partial charge in [0.05, 0.1) is 23.4 Å². The second kappa shape index (κ2) is 2.81. The topological polar surface area (TPSA) is 64.2 Å². The third-order valence-electron chi connectivity index (χ3n) is 2.16. The molecule has 0 radical (unpaired) electrons. The summed E-state index contributed by atoms with van der Waals surface area (Å²) in [6, 6.07) is 1.54. The van der Waals surface area contributed by atoms with Gasteiger partial charge in [0.2, 0.25) is 0 Å². The second-order valence-electron chi connectivity index (χ2n) is 3.21. The molecule has 0 aliphatic carbocycles. The largest absolute Gasteiger partial charge is 0.390 e. The molecule has 0 bridgehead atoms. The van der Waals surface area contributed by atoms with E-state index in [-0.39, 0.29) is 5.82 Å². The Balaban J connectivity index is 2.33. The van der Waals surface area contributed by atoms with Crippen LogP contribution in [0, 0.1) is 10.1 Å². The van der Waals surface area contributed by atoms with Crippen molar-refractivity contribution in [1.82, 2.24) is 14.7 Å². The van der Waals surface area contributed by atoms with Crippen LogP contribution >= 0.6 is 0 Å². The van der Waals surface area contributed by atoms with E-state index in [1.165, 1.54) is 6.07 Å². The first-order valence-corrected chi connectivity index (χ1v) is 4.06. The SMILES string of the molecule is CN1CCn2nc([N+](=O)[O-])cc2C1. The molecule has 0 aromatic carbocycles. The summed E-state index contributed by atoms with van der Waals surface area (Å²) >= 11 is 0. The van der Waals surface area contributed by atoms with Gasteiger partial charge in [0.25, 0.3) is 0 Å². The van der Waals surface area contributed by atoms with Gasteiger partial charge in [-0.2, -0.15) is 4.68 Å². The molecule has 0 spiro atoms. The lowest BCUT2D eigenvalue weighted by molar-refractivity contribution is -0.389. The van der Waals surface area contributed by atoms with Crippen LogP contribution in [0.3, 0.4) is 0 Å². The zero-order valence-corrected chi connectivity index (χ0v) is 7.30. The van der Waals surface area contributed by atoms with Gasteiger partial charge in [-0.25, -0.2) is 0 Å². The quantitative estimate of drug-likeness (QED) is 0.461. The van der Waals surface area contributed by atoms with Crippen LogP contribution < -0.4 is 0 Å². The van der Waals surface area contributed by atoms with E-state index in [1.54, 1.807) is 4.68 Å². The van der Waals surface area contributed by atoms with Crippen molar-refractivity contribution in [2.75, 3.05) is 13.6 Å². The highest BCUT2D eigenvalue weighted by Gasteiger charge is 2.22. The first kappa shape index (κ1) is 8.18. The Kier molecular flexibility index (Phi) is 1.77. The zero-order valence-electron chi connectivity index (χ0n) is 7.30. The maximum atomic E-state index is 10.4. The monoisotopic (exact) mass is 182 g/mol. The summed E-state index contributed by atoms with van der Waals surface area (Å²) < 4.78 is 1.71. The van der Waals surface area contributed by atoms with Gasteiger partial charge in [-0.3, -0.25) is 4.90 Å². The molecule has 1 aliphatic rings. The zero-order chi connectivity index (χ0) is 9.42. The van der Waals surface area contributed by atoms with Crippen molar-refractivity contribution < 1.29 is 4.92 Å². The fourth-order valence-corrected chi connectivity index (χ4v) is 1.47. The Bertz CT molecular complexity index is 346. The molecular formula is C7H10N4O2. The first-order valence-electron chi connectivity index (χ1n) is 4.06. The maximum Gasteiger partial charge on any atom is 0.390 e. The third-order valence-corrected chi connectivity index (χ3v) is 2.16. The third kappa shape index (κ3) is 1.40. The van der Waals surface area contributed by atoms with Gasteiger partial charge in [-0.05, 0) is 12.0 Å². The van der Waals surface area contributed by atoms with E-state index < -0.39 is 4.92 Å². The number of nitrogens with zero attached hydrogens (tertiary/aromatic N) is 4. The fraction of sp³-hybridized carbons (Fsp3) is 0.571. The molecule has 13 heavy (non-hydrogen) atoms. The number of rotatable bonds is 1. The van der Waals surface area contributed by atoms with Crippen molar-refractivity contribution in [3.63, 3.8) is 0 Å². The first-order chi connectivity index (χ1) is 6.16. The van der Waals surface area contributed by atoms with Gasteiger partial charge in [0, 0.05) is 13.1 Å². The molecule has 6 nitrogen and oxygen atoms in total. The van der Waals surface area contributed by atoms with E-state index in [9.17, 15) is 10.1 Å². The molecular weight excluding hydrogens is 172 g/mol. The van der Waals surface area contributed by atoms with Crippen LogP contribution in [-0.4, -0.2) is 33.2 Å². The molecule has 0 N–H and O–H groups in total. The molecule has 2 heterocycles. The lowest BCUT2D eigenvalue weighted by atomic mass is 10.3. The lowest BCUT2D eigenvalue weighted by Gasteiger charge is -2.20. The summed E-state index contributed by atoms with van der Waals surface area (Å²) in [6.45, 7) is 2.37. The fourth-order valence-electron chi connectivity index (χ4n) is 1.47. The Labute approximate surface area is 74.9 Å². The predicted molar refractivity (Wildman–Crippen MR) is 45.2 cm³/mol. The van der Waals surface area contributed by atoms with Crippen molar-refractivity contribution in [3.8, 4) is 0 Å².